The normalized spacial score (nSPS) is 17.0. The standard InChI is InChI=1S/C21H22ClN5O3S/c1-11-7-12(13-8-17(22)24-10-15(13)29-4)14(9-23-11)18(28)25-19-26-27-20(31-19)30-16-5-6-21(16,2)3/h7-10,16H,5-6H2,1-4H3,(H,25,26,28). The van der Waals surface area contributed by atoms with Gasteiger partial charge in [-0.05, 0) is 43.2 Å². The lowest BCUT2D eigenvalue weighted by Crippen LogP contribution is -2.43. The highest BCUT2D eigenvalue weighted by molar-refractivity contribution is 7.17. The van der Waals surface area contributed by atoms with Crippen LogP contribution in [0, 0.1) is 12.3 Å². The summed E-state index contributed by atoms with van der Waals surface area (Å²) in [6.45, 7) is 6.17. The Bertz CT molecular complexity index is 1130. The Balaban J connectivity index is 1.58. The first kappa shape index (κ1) is 21.5. The van der Waals surface area contributed by atoms with Crippen molar-refractivity contribution in [2.75, 3.05) is 12.4 Å². The van der Waals surface area contributed by atoms with Crippen molar-refractivity contribution in [3.8, 4) is 22.1 Å². The molecule has 1 unspecified atom stereocenters. The van der Waals surface area contributed by atoms with Gasteiger partial charge in [-0.15, -0.1) is 5.10 Å². The van der Waals surface area contributed by atoms with E-state index in [1.165, 1.54) is 30.8 Å². The third kappa shape index (κ3) is 4.47. The van der Waals surface area contributed by atoms with Crippen LogP contribution in [-0.4, -0.2) is 39.3 Å². The predicted octanol–water partition coefficient (Wildman–Crippen LogP) is 4.79. The Hall–Kier alpha value is -2.78. The highest BCUT2D eigenvalue weighted by Gasteiger charge is 2.41. The summed E-state index contributed by atoms with van der Waals surface area (Å²) in [4.78, 5) is 21.4. The number of anilines is 1. The lowest BCUT2D eigenvalue weighted by atomic mass is 9.69. The van der Waals surface area contributed by atoms with Gasteiger partial charge in [0, 0.05) is 28.4 Å². The lowest BCUT2D eigenvalue weighted by molar-refractivity contribution is -0.0189. The largest absolute Gasteiger partial charge is 0.494 e. The molecule has 31 heavy (non-hydrogen) atoms. The number of ether oxygens (including phenoxy) is 2. The molecule has 0 radical (unpaired) electrons. The molecule has 0 bridgehead atoms. The number of aromatic nitrogens is 4. The van der Waals surface area contributed by atoms with E-state index < -0.39 is 0 Å². The van der Waals surface area contributed by atoms with E-state index in [2.05, 4.69) is 39.3 Å². The van der Waals surface area contributed by atoms with Gasteiger partial charge < -0.3 is 9.47 Å². The number of aryl methyl sites for hydroxylation is 1. The molecule has 1 saturated carbocycles. The van der Waals surface area contributed by atoms with Crippen LogP contribution in [0.3, 0.4) is 0 Å². The van der Waals surface area contributed by atoms with Gasteiger partial charge in [0.2, 0.25) is 5.13 Å². The minimum absolute atomic E-state index is 0.112. The maximum atomic E-state index is 13.1. The molecule has 1 aliphatic rings. The smallest absolute Gasteiger partial charge is 0.296 e. The van der Waals surface area contributed by atoms with Crippen molar-refractivity contribution in [2.45, 2.75) is 39.7 Å². The van der Waals surface area contributed by atoms with E-state index in [-0.39, 0.29) is 17.4 Å². The molecule has 3 aromatic rings. The summed E-state index contributed by atoms with van der Waals surface area (Å²) in [7, 11) is 1.54. The van der Waals surface area contributed by atoms with E-state index >= 15 is 0 Å². The number of pyridine rings is 2. The van der Waals surface area contributed by atoms with E-state index in [0.717, 1.165) is 18.5 Å². The fraction of sp³-hybridized carbons (Fsp3) is 0.381. The van der Waals surface area contributed by atoms with Crippen molar-refractivity contribution in [3.63, 3.8) is 0 Å². The van der Waals surface area contributed by atoms with Crippen molar-refractivity contribution < 1.29 is 14.3 Å². The van der Waals surface area contributed by atoms with Gasteiger partial charge in [-0.3, -0.25) is 15.1 Å². The SMILES string of the molecule is COc1cnc(Cl)cc1-c1cc(C)ncc1C(=O)Nc1nnc(OC2CCC2(C)C)s1. The van der Waals surface area contributed by atoms with Crippen LogP contribution < -0.4 is 14.8 Å². The van der Waals surface area contributed by atoms with E-state index in [1.54, 1.807) is 12.1 Å². The summed E-state index contributed by atoms with van der Waals surface area (Å²) < 4.78 is 11.3. The molecule has 4 rings (SSSR count). The maximum absolute atomic E-state index is 13.1. The molecular weight excluding hydrogens is 438 g/mol. The molecule has 1 N–H and O–H groups in total. The quantitative estimate of drug-likeness (QED) is 0.529. The van der Waals surface area contributed by atoms with Crippen LogP contribution in [0.1, 0.15) is 42.7 Å². The third-order valence-corrected chi connectivity index (χ3v) is 6.36. The Morgan fingerprint density at radius 1 is 1.23 bits per heavy atom. The molecule has 1 fully saturated rings. The van der Waals surface area contributed by atoms with Gasteiger partial charge in [-0.1, -0.05) is 30.5 Å². The third-order valence-electron chi connectivity index (χ3n) is 5.42. The zero-order valence-electron chi connectivity index (χ0n) is 17.6. The van der Waals surface area contributed by atoms with Crippen LogP contribution in [-0.2, 0) is 0 Å². The zero-order valence-corrected chi connectivity index (χ0v) is 19.2. The van der Waals surface area contributed by atoms with Gasteiger partial charge >= 0.3 is 0 Å². The topological polar surface area (TPSA) is 99.1 Å². The van der Waals surface area contributed by atoms with Crippen LogP contribution in [0.4, 0.5) is 5.13 Å². The van der Waals surface area contributed by atoms with Crippen molar-refractivity contribution in [1.82, 2.24) is 20.2 Å². The number of methoxy groups -OCH3 is 1. The first-order valence-corrected chi connectivity index (χ1v) is 10.9. The van der Waals surface area contributed by atoms with Crippen LogP contribution in [0.5, 0.6) is 10.9 Å². The Morgan fingerprint density at radius 2 is 2.03 bits per heavy atom. The summed E-state index contributed by atoms with van der Waals surface area (Å²) in [5, 5.41) is 12.0. The number of halogens is 1. The second kappa shape index (κ2) is 8.39. The van der Waals surface area contributed by atoms with Crippen LogP contribution >= 0.6 is 22.9 Å². The molecule has 8 nitrogen and oxygen atoms in total. The first-order chi connectivity index (χ1) is 14.8. The summed E-state index contributed by atoms with van der Waals surface area (Å²) in [5.41, 5.74) is 2.50. The fourth-order valence-electron chi connectivity index (χ4n) is 3.41. The summed E-state index contributed by atoms with van der Waals surface area (Å²) in [6, 6.07) is 3.46. The highest BCUT2D eigenvalue weighted by atomic mass is 35.5. The Labute approximate surface area is 189 Å². The monoisotopic (exact) mass is 459 g/mol. The van der Waals surface area contributed by atoms with Gasteiger partial charge in [0.05, 0.1) is 18.9 Å². The van der Waals surface area contributed by atoms with Gasteiger partial charge in [-0.2, -0.15) is 0 Å². The van der Waals surface area contributed by atoms with Crippen LogP contribution in [0.15, 0.2) is 24.5 Å². The second-order valence-corrected chi connectivity index (χ2v) is 9.37. The summed E-state index contributed by atoms with van der Waals surface area (Å²) in [6.07, 6.45) is 5.25. The average Bonchev–Trinajstić information content (AvgIpc) is 3.18. The molecule has 3 aromatic heterocycles. The number of hydrogen-bond donors (Lipinski definition) is 1. The molecule has 0 aromatic carbocycles. The van der Waals surface area contributed by atoms with E-state index in [1.807, 2.05) is 6.92 Å². The Morgan fingerprint density at radius 3 is 2.71 bits per heavy atom. The molecular formula is C21H22ClN5O3S. The molecule has 1 aliphatic carbocycles. The summed E-state index contributed by atoms with van der Waals surface area (Å²) >= 11 is 7.29. The molecule has 0 spiro atoms. The van der Waals surface area contributed by atoms with E-state index in [0.29, 0.717) is 37.9 Å². The minimum atomic E-state index is -0.371. The molecule has 162 valence electrons. The van der Waals surface area contributed by atoms with Gasteiger partial charge in [0.15, 0.2) is 0 Å². The van der Waals surface area contributed by atoms with E-state index in [9.17, 15) is 4.79 Å². The van der Waals surface area contributed by atoms with E-state index in [4.69, 9.17) is 21.1 Å². The van der Waals surface area contributed by atoms with Crippen LogP contribution in [0.25, 0.3) is 11.1 Å². The summed E-state index contributed by atoms with van der Waals surface area (Å²) in [5.74, 6) is 0.128. The fourth-order valence-corrected chi connectivity index (χ4v) is 4.20. The highest BCUT2D eigenvalue weighted by Crippen LogP contribution is 2.43. The van der Waals surface area contributed by atoms with Crippen molar-refractivity contribution in [3.05, 3.63) is 40.9 Å². The number of nitrogens with zero attached hydrogens (tertiary/aromatic N) is 4. The number of amides is 1. The predicted molar refractivity (Wildman–Crippen MR) is 119 cm³/mol. The zero-order chi connectivity index (χ0) is 22.2. The van der Waals surface area contributed by atoms with Gasteiger partial charge in [0.25, 0.3) is 11.1 Å². The molecule has 10 heteroatoms. The molecule has 0 saturated heterocycles. The maximum Gasteiger partial charge on any atom is 0.296 e. The number of rotatable bonds is 6. The van der Waals surface area contributed by atoms with Crippen molar-refractivity contribution >= 4 is 34.0 Å². The van der Waals surface area contributed by atoms with Crippen LogP contribution in [0.2, 0.25) is 5.15 Å². The molecule has 0 aliphatic heterocycles. The number of carbonyl (C=O) groups is 1. The number of hydrogen-bond acceptors (Lipinski definition) is 8. The molecule has 1 amide bonds. The second-order valence-electron chi connectivity index (χ2n) is 8.04. The van der Waals surface area contributed by atoms with Crippen molar-refractivity contribution in [1.29, 1.82) is 0 Å². The average molecular weight is 460 g/mol. The lowest BCUT2D eigenvalue weighted by Gasteiger charge is -2.43. The number of carbonyl (C=O) groups excluding carboxylic acids is 1. The molecule has 1 atom stereocenters. The first-order valence-electron chi connectivity index (χ1n) is 9.75. The minimum Gasteiger partial charge on any atom is -0.494 e. The molecule has 3 heterocycles. The Kier molecular flexibility index (Phi) is 5.81. The van der Waals surface area contributed by atoms with Gasteiger partial charge in [-0.25, -0.2) is 4.98 Å². The van der Waals surface area contributed by atoms with Gasteiger partial charge in [0.1, 0.15) is 17.0 Å². The van der Waals surface area contributed by atoms with Crippen molar-refractivity contribution in [2.24, 2.45) is 5.41 Å². The number of nitrogens with one attached hydrogen (secondary N) is 1.